The molecule has 1 fully saturated rings. The Morgan fingerprint density at radius 3 is 2.62 bits per heavy atom. The number of amides is 2. The van der Waals surface area contributed by atoms with E-state index in [2.05, 4.69) is 26.5 Å². The highest BCUT2D eigenvalue weighted by Crippen LogP contribution is 2.22. The van der Waals surface area contributed by atoms with Crippen molar-refractivity contribution in [3.05, 3.63) is 63.6 Å². The van der Waals surface area contributed by atoms with Gasteiger partial charge < -0.3 is 9.64 Å². The van der Waals surface area contributed by atoms with Crippen LogP contribution in [0.3, 0.4) is 0 Å². The van der Waals surface area contributed by atoms with E-state index in [9.17, 15) is 9.59 Å². The molecular weight excluding hydrogens is 434 g/mol. The summed E-state index contributed by atoms with van der Waals surface area (Å²) >= 11 is 3.41. The molecule has 2 amide bonds. The first-order valence-corrected chi connectivity index (χ1v) is 10.3. The van der Waals surface area contributed by atoms with Crippen molar-refractivity contribution in [1.82, 2.24) is 10.3 Å². The third-order valence-corrected chi connectivity index (χ3v) is 5.59. The molecule has 0 saturated carbocycles. The van der Waals surface area contributed by atoms with Crippen molar-refractivity contribution in [3.63, 3.8) is 0 Å². The summed E-state index contributed by atoms with van der Waals surface area (Å²) in [6.45, 7) is 3.06. The van der Waals surface area contributed by atoms with Crippen LogP contribution < -0.4 is 10.2 Å². The van der Waals surface area contributed by atoms with Gasteiger partial charge in [-0.1, -0.05) is 34.1 Å². The predicted octanol–water partition coefficient (Wildman–Crippen LogP) is 3.77. The predicted molar refractivity (Wildman–Crippen MR) is 116 cm³/mol. The molecule has 3 rings (SSSR count). The highest BCUT2D eigenvalue weighted by atomic mass is 79.9. The van der Waals surface area contributed by atoms with Crippen LogP contribution in [0.15, 0.2) is 52.0 Å². The number of carbonyl (C=O) groups excluding carboxylic acids is 2. The van der Waals surface area contributed by atoms with E-state index in [4.69, 9.17) is 4.74 Å². The van der Waals surface area contributed by atoms with Crippen LogP contribution in [0.2, 0.25) is 0 Å². The maximum absolute atomic E-state index is 12.7. The van der Waals surface area contributed by atoms with Gasteiger partial charge in [-0.3, -0.25) is 9.59 Å². The lowest BCUT2D eigenvalue weighted by atomic mass is 9.95. The van der Waals surface area contributed by atoms with Gasteiger partial charge in [0.15, 0.2) is 0 Å². The van der Waals surface area contributed by atoms with E-state index in [0.29, 0.717) is 31.7 Å². The van der Waals surface area contributed by atoms with Crippen molar-refractivity contribution in [3.8, 4) is 5.75 Å². The van der Waals surface area contributed by atoms with Crippen LogP contribution in [-0.2, 0) is 4.79 Å². The van der Waals surface area contributed by atoms with E-state index < -0.39 is 0 Å². The van der Waals surface area contributed by atoms with Crippen molar-refractivity contribution >= 4 is 34.0 Å². The number of nitrogens with zero attached hydrogens (tertiary/aromatic N) is 2. The molecule has 0 atom stereocenters. The van der Waals surface area contributed by atoms with Gasteiger partial charge in [-0.15, -0.1) is 0 Å². The second-order valence-corrected chi connectivity index (χ2v) is 7.92. The van der Waals surface area contributed by atoms with Crippen molar-refractivity contribution in [2.24, 2.45) is 11.0 Å². The molecule has 1 aliphatic rings. The van der Waals surface area contributed by atoms with Gasteiger partial charge in [0.1, 0.15) is 5.75 Å². The van der Waals surface area contributed by atoms with Gasteiger partial charge in [-0.05, 0) is 49.6 Å². The van der Waals surface area contributed by atoms with Gasteiger partial charge in [0, 0.05) is 34.6 Å². The molecule has 6 nitrogen and oxygen atoms in total. The molecule has 0 aromatic heterocycles. The maximum Gasteiger partial charge on any atom is 0.254 e. The van der Waals surface area contributed by atoms with Gasteiger partial charge in [0.05, 0.1) is 13.3 Å². The molecule has 2 aromatic rings. The number of likely N-dealkylation sites (tertiary alicyclic amines) is 1. The summed E-state index contributed by atoms with van der Waals surface area (Å²) < 4.78 is 6.19. The maximum atomic E-state index is 12.7. The Morgan fingerprint density at radius 1 is 1.21 bits per heavy atom. The largest absolute Gasteiger partial charge is 0.496 e. The SMILES string of the molecule is COc1ccc(Br)cc1/C=N\NC(=O)C1CCN(C(=O)c2ccccc2C)CC1. The lowest BCUT2D eigenvalue weighted by molar-refractivity contribution is -0.126. The van der Waals surface area contributed by atoms with Crippen LogP contribution in [0.1, 0.15) is 34.3 Å². The lowest BCUT2D eigenvalue weighted by Gasteiger charge is -2.31. The number of carbonyl (C=O) groups is 2. The first-order valence-electron chi connectivity index (χ1n) is 9.51. The minimum Gasteiger partial charge on any atom is -0.496 e. The molecule has 7 heteroatoms. The zero-order valence-corrected chi connectivity index (χ0v) is 18.1. The summed E-state index contributed by atoms with van der Waals surface area (Å²) in [6.07, 6.45) is 2.82. The highest BCUT2D eigenvalue weighted by Gasteiger charge is 2.28. The van der Waals surface area contributed by atoms with Crippen molar-refractivity contribution < 1.29 is 14.3 Å². The molecule has 1 heterocycles. The zero-order valence-electron chi connectivity index (χ0n) is 16.5. The number of methoxy groups -OCH3 is 1. The zero-order chi connectivity index (χ0) is 20.8. The average Bonchev–Trinajstić information content (AvgIpc) is 2.74. The average molecular weight is 458 g/mol. The lowest BCUT2D eigenvalue weighted by Crippen LogP contribution is -2.42. The second-order valence-electron chi connectivity index (χ2n) is 7.00. The molecule has 0 radical (unpaired) electrons. The number of hydrogen-bond donors (Lipinski definition) is 1. The number of aryl methyl sites for hydroxylation is 1. The molecule has 0 unspecified atom stereocenters. The summed E-state index contributed by atoms with van der Waals surface area (Å²) in [4.78, 5) is 27.0. The molecule has 1 aliphatic heterocycles. The van der Waals surface area contributed by atoms with E-state index in [0.717, 1.165) is 21.2 Å². The quantitative estimate of drug-likeness (QED) is 0.548. The molecule has 1 saturated heterocycles. The monoisotopic (exact) mass is 457 g/mol. The third kappa shape index (κ3) is 5.23. The Kier molecular flexibility index (Phi) is 7.04. The fourth-order valence-electron chi connectivity index (χ4n) is 3.39. The van der Waals surface area contributed by atoms with Gasteiger partial charge in [-0.2, -0.15) is 5.10 Å². The van der Waals surface area contributed by atoms with Gasteiger partial charge in [0.25, 0.3) is 5.91 Å². The summed E-state index contributed by atoms with van der Waals surface area (Å²) in [5.41, 5.74) is 5.07. The molecule has 0 bridgehead atoms. The van der Waals surface area contributed by atoms with E-state index in [1.54, 1.807) is 13.3 Å². The number of hydrazone groups is 1. The number of piperidine rings is 1. The van der Waals surface area contributed by atoms with Crippen LogP contribution in [0, 0.1) is 12.8 Å². The van der Waals surface area contributed by atoms with Crippen molar-refractivity contribution in [2.45, 2.75) is 19.8 Å². The summed E-state index contributed by atoms with van der Waals surface area (Å²) in [5, 5.41) is 4.07. The van der Waals surface area contributed by atoms with Crippen molar-refractivity contribution in [2.75, 3.05) is 20.2 Å². The van der Waals surface area contributed by atoms with Gasteiger partial charge in [0.2, 0.25) is 5.91 Å². The Morgan fingerprint density at radius 2 is 1.93 bits per heavy atom. The second kappa shape index (κ2) is 9.69. The normalized spacial score (nSPS) is 14.8. The summed E-state index contributed by atoms with van der Waals surface area (Å²) in [5.74, 6) is 0.423. The first-order chi connectivity index (χ1) is 14.0. The van der Waals surface area contributed by atoms with Gasteiger partial charge in [-0.25, -0.2) is 5.43 Å². The molecule has 1 N–H and O–H groups in total. The van der Waals surface area contributed by atoms with E-state index in [1.165, 1.54) is 0 Å². The molecule has 0 aliphatic carbocycles. The van der Waals surface area contributed by atoms with E-state index in [-0.39, 0.29) is 17.7 Å². The molecule has 2 aromatic carbocycles. The fraction of sp³-hybridized carbons (Fsp3) is 0.318. The fourth-order valence-corrected chi connectivity index (χ4v) is 3.77. The Balaban J connectivity index is 1.53. The Hall–Kier alpha value is -2.67. The number of ether oxygens (including phenoxy) is 1. The van der Waals surface area contributed by atoms with E-state index in [1.807, 2.05) is 54.3 Å². The minimum atomic E-state index is -0.155. The first kappa shape index (κ1) is 21.0. The molecule has 29 heavy (non-hydrogen) atoms. The number of halogens is 1. The standard InChI is InChI=1S/C22H24BrN3O3/c1-15-5-3-4-6-19(15)22(28)26-11-9-16(10-12-26)21(27)25-24-14-17-13-18(23)7-8-20(17)29-2/h3-8,13-14,16H,9-12H2,1-2H3,(H,25,27)/b24-14-. The molecule has 152 valence electrons. The van der Waals surface area contributed by atoms with Gasteiger partial charge >= 0.3 is 0 Å². The van der Waals surface area contributed by atoms with E-state index >= 15 is 0 Å². The molecule has 0 spiro atoms. The number of benzene rings is 2. The highest BCUT2D eigenvalue weighted by molar-refractivity contribution is 9.10. The van der Waals surface area contributed by atoms with Crippen LogP contribution in [0.25, 0.3) is 0 Å². The van der Waals surface area contributed by atoms with Crippen LogP contribution in [0.4, 0.5) is 0 Å². The smallest absolute Gasteiger partial charge is 0.254 e. The van der Waals surface area contributed by atoms with Crippen LogP contribution in [-0.4, -0.2) is 43.1 Å². The third-order valence-electron chi connectivity index (χ3n) is 5.10. The summed E-state index contributed by atoms with van der Waals surface area (Å²) in [6, 6.07) is 13.2. The van der Waals surface area contributed by atoms with Crippen molar-refractivity contribution in [1.29, 1.82) is 0 Å². The summed E-state index contributed by atoms with van der Waals surface area (Å²) in [7, 11) is 1.59. The van der Waals surface area contributed by atoms with Crippen LogP contribution in [0.5, 0.6) is 5.75 Å². The number of rotatable bonds is 5. The number of nitrogens with one attached hydrogen (secondary N) is 1. The molecular formula is C22H24BrN3O3. The Bertz CT molecular complexity index is 921. The van der Waals surface area contributed by atoms with Crippen LogP contribution >= 0.6 is 15.9 Å². The number of hydrogen-bond acceptors (Lipinski definition) is 4. The topological polar surface area (TPSA) is 71.0 Å². The Labute approximate surface area is 179 Å². The minimum absolute atomic E-state index is 0.0294.